The molecule has 3 amide bonds. The monoisotopic (exact) mass is 434 g/mol. The number of amides is 3. The first-order valence-electron chi connectivity index (χ1n) is 8.63. The Morgan fingerprint density at radius 1 is 1.07 bits per heavy atom. The summed E-state index contributed by atoms with van der Waals surface area (Å²) in [4.78, 5) is 50.1. The zero-order valence-electron chi connectivity index (χ0n) is 15.5. The van der Waals surface area contributed by atoms with Gasteiger partial charge in [0, 0.05) is 6.04 Å². The van der Waals surface area contributed by atoms with E-state index in [0.717, 1.165) is 4.90 Å². The summed E-state index contributed by atoms with van der Waals surface area (Å²) in [6.07, 6.45) is 0. The van der Waals surface area contributed by atoms with E-state index in [0.29, 0.717) is 0 Å². The number of fused-ring (bicyclic) bond motifs is 1. The van der Waals surface area contributed by atoms with Gasteiger partial charge in [-0.25, -0.2) is 4.79 Å². The van der Waals surface area contributed by atoms with Gasteiger partial charge in [-0.3, -0.25) is 19.3 Å². The third-order valence-electron chi connectivity index (χ3n) is 4.23. The highest BCUT2D eigenvalue weighted by atomic mass is 35.5. The van der Waals surface area contributed by atoms with Crippen molar-refractivity contribution in [2.45, 2.75) is 19.9 Å². The number of halogens is 2. The fourth-order valence-corrected chi connectivity index (χ4v) is 3.20. The fraction of sp³-hybridized carbons (Fsp3) is 0.200. The summed E-state index contributed by atoms with van der Waals surface area (Å²) < 4.78 is 4.99. The van der Waals surface area contributed by atoms with Crippen LogP contribution in [0.5, 0.6) is 0 Å². The Morgan fingerprint density at radius 3 is 2.45 bits per heavy atom. The van der Waals surface area contributed by atoms with Crippen molar-refractivity contribution >= 4 is 52.6 Å². The lowest BCUT2D eigenvalue weighted by Gasteiger charge is -2.17. The summed E-state index contributed by atoms with van der Waals surface area (Å²) in [6.45, 7) is 2.88. The van der Waals surface area contributed by atoms with E-state index in [-0.39, 0.29) is 38.5 Å². The largest absolute Gasteiger partial charge is 0.452 e. The van der Waals surface area contributed by atoms with Gasteiger partial charge in [0.2, 0.25) is 0 Å². The van der Waals surface area contributed by atoms with Crippen LogP contribution in [-0.4, -0.2) is 41.2 Å². The maximum Gasteiger partial charge on any atom is 0.338 e. The highest BCUT2D eigenvalue weighted by Gasteiger charge is 2.37. The molecule has 3 rings (SSSR count). The number of ether oxygens (including phenoxy) is 1. The fourth-order valence-electron chi connectivity index (χ4n) is 2.86. The predicted octanol–water partition coefficient (Wildman–Crippen LogP) is 3.79. The third kappa shape index (κ3) is 4.11. The van der Waals surface area contributed by atoms with Crippen LogP contribution >= 0.6 is 23.2 Å². The highest BCUT2D eigenvalue weighted by Crippen LogP contribution is 2.29. The van der Waals surface area contributed by atoms with Gasteiger partial charge in [-0.1, -0.05) is 29.3 Å². The maximum atomic E-state index is 12.4. The van der Waals surface area contributed by atoms with Gasteiger partial charge in [-0.2, -0.15) is 0 Å². The van der Waals surface area contributed by atoms with Crippen LogP contribution in [0.2, 0.25) is 10.0 Å². The third-order valence-corrected chi connectivity index (χ3v) is 5.05. The van der Waals surface area contributed by atoms with Crippen LogP contribution in [0.4, 0.5) is 5.69 Å². The maximum absolute atomic E-state index is 12.4. The van der Waals surface area contributed by atoms with Gasteiger partial charge in [0.05, 0.1) is 32.4 Å². The molecule has 0 aromatic heterocycles. The molecule has 0 fully saturated rings. The van der Waals surface area contributed by atoms with Crippen LogP contribution in [0.3, 0.4) is 0 Å². The topological polar surface area (TPSA) is 92.8 Å². The summed E-state index contributed by atoms with van der Waals surface area (Å²) in [5.41, 5.74) is 0.710. The minimum atomic E-state index is -0.802. The van der Waals surface area contributed by atoms with Crippen LogP contribution in [0.25, 0.3) is 0 Å². The van der Waals surface area contributed by atoms with Gasteiger partial charge >= 0.3 is 5.97 Å². The SMILES string of the molecule is CC(C)N1C(=O)c2ccc(C(=O)OCC(=O)Nc3cccc(Cl)c3Cl)cc2C1=O. The van der Waals surface area contributed by atoms with Crippen molar-refractivity contribution in [1.29, 1.82) is 0 Å². The Balaban J connectivity index is 1.67. The molecule has 1 aliphatic heterocycles. The number of hydrogen-bond acceptors (Lipinski definition) is 5. The summed E-state index contributed by atoms with van der Waals surface area (Å²) in [5, 5.41) is 2.94. The molecule has 1 aliphatic rings. The van der Waals surface area contributed by atoms with Gasteiger partial charge < -0.3 is 10.1 Å². The number of anilines is 1. The molecule has 1 heterocycles. The predicted molar refractivity (Wildman–Crippen MR) is 107 cm³/mol. The molecule has 0 aliphatic carbocycles. The summed E-state index contributed by atoms with van der Waals surface area (Å²) >= 11 is 11.9. The second kappa shape index (κ2) is 8.23. The molecule has 0 saturated heterocycles. The van der Waals surface area contributed by atoms with Crippen LogP contribution in [0.1, 0.15) is 44.9 Å². The average Bonchev–Trinajstić information content (AvgIpc) is 2.93. The summed E-state index contributed by atoms with van der Waals surface area (Å²) in [7, 11) is 0. The van der Waals surface area contributed by atoms with Gasteiger partial charge in [-0.05, 0) is 44.2 Å². The molecule has 150 valence electrons. The molecule has 2 aromatic rings. The van der Waals surface area contributed by atoms with Crippen molar-refractivity contribution in [1.82, 2.24) is 4.90 Å². The number of hydrogen-bond donors (Lipinski definition) is 1. The molecule has 0 spiro atoms. The zero-order valence-corrected chi connectivity index (χ0v) is 17.0. The Labute approximate surface area is 176 Å². The lowest BCUT2D eigenvalue weighted by atomic mass is 10.1. The molecule has 2 aromatic carbocycles. The molecule has 7 nitrogen and oxygen atoms in total. The highest BCUT2D eigenvalue weighted by molar-refractivity contribution is 6.44. The number of nitrogens with zero attached hydrogens (tertiary/aromatic N) is 1. The Hall–Kier alpha value is -2.90. The van der Waals surface area contributed by atoms with E-state index < -0.39 is 30.3 Å². The number of rotatable bonds is 5. The van der Waals surface area contributed by atoms with Crippen LogP contribution in [0.15, 0.2) is 36.4 Å². The molecule has 29 heavy (non-hydrogen) atoms. The van der Waals surface area contributed by atoms with E-state index in [1.54, 1.807) is 32.0 Å². The van der Waals surface area contributed by atoms with E-state index in [1.807, 2.05) is 0 Å². The average molecular weight is 435 g/mol. The number of imide groups is 1. The molecule has 0 saturated carbocycles. The number of carbonyl (C=O) groups is 4. The van der Waals surface area contributed by atoms with Crippen molar-refractivity contribution < 1.29 is 23.9 Å². The van der Waals surface area contributed by atoms with Gasteiger partial charge in [0.15, 0.2) is 6.61 Å². The van der Waals surface area contributed by atoms with E-state index in [1.165, 1.54) is 18.2 Å². The lowest BCUT2D eigenvalue weighted by molar-refractivity contribution is -0.119. The minimum Gasteiger partial charge on any atom is -0.452 e. The van der Waals surface area contributed by atoms with Crippen LogP contribution < -0.4 is 5.32 Å². The number of nitrogens with one attached hydrogen (secondary N) is 1. The summed E-state index contributed by atoms with van der Waals surface area (Å²) in [5.74, 6) is -2.29. The Kier molecular flexibility index (Phi) is 5.91. The van der Waals surface area contributed by atoms with Crippen molar-refractivity contribution in [3.8, 4) is 0 Å². The zero-order chi connectivity index (χ0) is 21.3. The van der Waals surface area contributed by atoms with Crippen molar-refractivity contribution in [3.05, 3.63) is 63.1 Å². The molecule has 9 heteroatoms. The number of esters is 1. The first kappa shape index (κ1) is 20.8. The quantitative estimate of drug-likeness (QED) is 0.570. The van der Waals surface area contributed by atoms with E-state index in [9.17, 15) is 19.2 Å². The molecule has 1 N–H and O–H groups in total. The first-order chi connectivity index (χ1) is 13.7. The molecular formula is C20H16Cl2N2O5. The van der Waals surface area contributed by atoms with E-state index in [4.69, 9.17) is 27.9 Å². The summed E-state index contributed by atoms with van der Waals surface area (Å²) in [6, 6.07) is 8.50. The number of carbonyl (C=O) groups excluding carboxylic acids is 4. The van der Waals surface area contributed by atoms with Crippen LogP contribution in [-0.2, 0) is 9.53 Å². The smallest absolute Gasteiger partial charge is 0.338 e. The standard InChI is InChI=1S/C20H16Cl2N2O5/c1-10(2)24-18(26)12-7-6-11(8-13(12)19(24)27)20(28)29-9-16(25)23-15-5-3-4-14(21)17(15)22/h3-8,10H,9H2,1-2H3,(H,23,25). The molecule has 0 atom stereocenters. The van der Waals surface area contributed by atoms with Crippen molar-refractivity contribution in [3.63, 3.8) is 0 Å². The second-order valence-corrected chi connectivity index (χ2v) is 7.35. The van der Waals surface area contributed by atoms with Gasteiger partial charge in [0.1, 0.15) is 0 Å². The van der Waals surface area contributed by atoms with Crippen molar-refractivity contribution in [2.75, 3.05) is 11.9 Å². The van der Waals surface area contributed by atoms with Crippen LogP contribution in [0, 0.1) is 0 Å². The first-order valence-corrected chi connectivity index (χ1v) is 9.39. The van der Waals surface area contributed by atoms with Gasteiger partial charge in [-0.15, -0.1) is 0 Å². The lowest BCUT2D eigenvalue weighted by Crippen LogP contribution is -2.35. The Morgan fingerprint density at radius 2 is 1.76 bits per heavy atom. The minimum absolute atomic E-state index is 0.0593. The molecular weight excluding hydrogens is 419 g/mol. The second-order valence-electron chi connectivity index (χ2n) is 6.56. The van der Waals surface area contributed by atoms with E-state index >= 15 is 0 Å². The van der Waals surface area contributed by atoms with Crippen molar-refractivity contribution in [2.24, 2.45) is 0 Å². The molecule has 0 radical (unpaired) electrons. The number of benzene rings is 2. The molecule has 0 unspecified atom stereocenters. The Bertz CT molecular complexity index is 1040. The van der Waals surface area contributed by atoms with E-state index in [2.05, 4.69) is 5.32 Å². The van der Waals surface area contributed by atoms with Gasteiger partial charge in [0.25, 0.3) is 17.7 Å². The molecule has 0 bridgehead atoms. The normalized spacial score (nSPS) is 12.9.